The van der Waals surface area contributed by atoms with E-state index in [0.29, 0.717) is 0 Å². The Bertz CT molecular complexity index is 664. The van der Waals surface area contributed by atoms with Crippen molar-refractivity contribution in [3.63, 3.8) is 0 Å². The molecule has 0 N–H and O–H groups in total. The lowest BCUT2D eigenvalue weighted by Gasteiger charge is -2.41. The molecule has 0 amide bonds. The molecule has 126 valence electrons. The van der Waals surface area contributed by atoms with Crippen LogP contribution in [0, 0.1) is 24.7 Å². The molecule has 0 heteroatoms. The lowest BCUT2D eigenvalue weighted by atomic mass is 9.64. The zero-order valence-corrected chi connectivity index (χ0v) is 15.2. The zero-order valence-electron chi connectivity index (χ0n) is 15.2. The first-order valence-corrected chi connectivity index (χ1v) is 9.86. The summed E-state index contributed by atoms with van der Waals surface area (Å²) in [4.78, 5) is 0. The molecule has 4 rings (SSSR count). The summed E-state index contributed by atoms with van der Waals surface area (Å²) in [6.45, 7) is 4.60. The van der Waals surface area contributed by atoms with Gasteiger partial charge in [0.25, 0.3) is 0 Å². The third-order valence-corrected chi connectivity index (χ3v) is 6.64. The van der Waals surface area contributed by atoms with E-state index in [4.69, 9.17) is 0 Å². The van der Waals surface area contributed by atoms with Crippen LogP contribution in [-0.2, 0) is 0 Å². The Morgan fingerprint density at radius 2 is 1.25 bits per heavy atom. The maximum absolute atomic E-state index is 2.45. The van der Waals surface area contributed by atoms with Crippen molar-refractivity contribution in [1.29, 1.82) is 0 Å². The quantitative estimate of drug-likeness (QED) is 0.560. The third-order valence-electron chi connectivity index (χ3n) is 6.64. The Labute approximate surface area is 147 Å². The van der Waals surface area contributed by atoms with Crippen molar-refractivity contribution in [3.8, 4) is 11.1 Å². The molecule has 2 fully saturated rings. The molecule has 0 nitrogen and oxygen atoms in total. The van der Waals surface area contributed by atoms with Crippen LogP contribution in [0.15, 0.2) is 48.5 Å². The highest BCUT2D eigenvalue weighted by Crippen LogP contribution is 2.47. The molecule has 4 atom stereocenters. The summed E-state index contributed by atoms with van der Waals surface area (Å²) < 4.78 is 0. The van der Waals surface area contributed by atoms with Crippen LogP contribution < -0.4 is 0 Å². The van der Waals surface area contributed by atoms with E-state index in [9.17, 15) is 0 Å². The molecule has 0 aliphatic heterocycles. The predicted molar refractivity (Wildman–Crippen MR) is 103 cm³/mol. The van der Waals surface area contributed by atoms with E-state index in [0.717, 1.165) is 23.7 Å². The average molecular weight is 319 g/mol. The molecule has 0 saturated heterocycles. The second kappa shape index (κ2) is 6.75. The first-order valence-electron chi connectivity index (χ1n) is 9.86. The number of hydrogen-bond acceptors (Lipinski definition) is 0. The molecule has 0 spiro atoms. The lowest BCUT2D eigenvalue weighted by Crippen LogP contribution is -2.29. The molecule has 0 aromatic heterocycles. The highest BCUT2D eigenvalue weighted by Gasteiger charge is 2.34. The molecule has 4 unspecified atom stereocenters. The molecule has 2 aliphatic rings. The Hall–Kier alpha value is -1.56. The summed E-state index contributed by atoms with van der Waals surface area (Å²) in [6, 6.07) is 18.3. The number of benzene rings is 2. The van der Waals surface area contributed by atoms with Crippen LogP contribution in [0.3, 0.4) is 0 Å². The van der Waals surface area contributed by atoms with E-state index in [1.807, 2.05) is 0 Å². The normalized spacial score (nSPS) is 29.9. The summed E-state index contributed by atoms with van der Waals surface area (Å²) in [5.74, 6) is 3.79. The van der Waals surface area contributed by atoms with Crippen LogP contribution in [0.25, 0.3) is 11.1 Å². The highest BCUT2D eigenvalue weighted by atomic mass is 14.4. The van der Waals surface area contributed by atoms with Crippen LogP contribution in [0.1, 0.15) is 62.5 Å². The second-order valence-electron chi connectivity index (χ2n) is 8.44. The summed E-state index contributed by atoms with van der Waals surface area (Å²) in [5, 5.41) is 0. The van der Waals surface area contributed by atoms with Crippen molar-refractivity contribution in [1.82, 2.24) is 0 Å². The lowest BCUT2D eigenvalue weighted by molar-refractivity contribution is 0.124. The monoisotopic (exact) mass is 318 g/mol. The standard InChI is InChI=1S/C24H30/c1-17-3-6-19(7-4-17)20-9-11-21(12-10-20)23-14-13-22-15-18(2)5-8-24(22)16-23/h3-4,6-7,9-12,18,22-24H,5,8,13-16H2,1-2H3. The zero-order chi connectivity index (χ0) is 16.5. The Morgan fingerprint density at radius 3 is 1.96 bits per heavy atom. The fraction of sp³-hybridized carbons (Fsp3) is 0.500. The van der Waals surface area contributed by atoms with Gasteiger partial charge in [0.15, 0.2) is 0 Å². The van der Waals surface area contributed by atoms with Crippen molar-refractivity contribution in [2.45, 2.75) is 58.3 Å². The second-order valence-corrected chi connectivity index (χ2v) is 8.44. The minimum absolute atomic E-state index is 0.798. The van der Waals surface area contributed by atoms with Crippen LogP contribution in [-0.4, -0.2) is 0 Å². The Kier molecular flexibility index (Phi) is 4.48. The molecule has 2 saturated carbocycles. The number of fused-ring (bicyclic) bond motifs is 1. The largest absolute Gasteiger partial charge is 0.0625 e. The summed E-state index contributed by atoms with van der Waals surface area (Å²) in [7, 11) is 0. The molecule has 0 heterocycles. The van der Waals surface area contributed by atoms with Gasteiger partial charge in [0.2, 0.25) is 0 Å². The number of rotatable bonds is 2. The fourth-order valence-electron chi connectivity index (χ4n) is 5.12. The third kappa shape index (κ3) is 3.29. The van der Waals surface area contributed by atoms with E-state index >= 15 is 0 Å². The maximum Gasteiger partial charge on any atom is -0.0159 e. The van der Waals surface area contributed by atoms with Gasteiger partial charge in [-0.15, -0.1) is 0 Å². The SMILES string of the molecule is Cc1ccc(-c2ccc(C3CCC4CC(C)CCC4C3)cc2)cc1. The van der Waals surface area contributed by atoms with Crippen LogP contribution in [0.2, 0.25) is 0 Å². The van der Waals surface area contributed by atoms with Crippen LogP contribution in [0.5, 0.6) is 0 Å². The first-order chi connectivity index (χ1) is 11.7. The van der Waals surface area contributed by atoms with Crippen molar-refractivity contribution in [2.24, 2.45) is 17.8 Å². The fourth-order valence-corrected chi connectivity index (χ4v) is 5.12. The van der Waals surface area contributed by atoms with Crippen molar-refractivity contribution < 1.29 is 0 Å². The van der Waals surface area contributed by atoms with Gasteiger partial charge in [-0.05, 0) is 79.4 Å². The summed E-state index contributed by atoms with van der Waals surface area (Å²) in [6.07, 6.45) is 8.71. The predicted octanol–water partition coefficient (Wildman–Crippen LogP) is 6.98. The minimum Gasteiger partial charge on any atom is -0.0625 e. The van der Waals surface area contributed by atoms with Gasteiger partial charge in [0.05, 0.1) is 0 Å². The summed E-state index contributed by atoms with van der Waals surface area (Å²) in [5.41, 5.74) is 5.58. The smallest absolute Gasteiger partial charge is 0.0159 e. The Morgan fingerprint density at radius 1 is 0.667 bits per heavy atom. The van der Waals surface area contributed by atoms with Crippen molar-refractivity contribution in [3.05, 3.63) is 59.7 Å². The Balaban J connectivity index is 1.46. The van der Waals surface area contributed by atoms with Crippen molar-refractivity contribution in [2.75, 3.05) is 0 Å². The van der Waals surface area contributed by atoms with Crippen LogP contribution in [0.4, 0.5) is 0 Å². The molecule has 24 heavy (non-hydrogen) atoms. The van der Waals surface area contributed by atoms with E-state index < -0.39 is 0 Å². The van der Waals surface area contributed by atoms with Gasteiger partial charge in [-0.2, -0.15) is 0 Å². The van der Waals surface area contributed by atoms with E-state index in [-0.39, 0.29) is 0 Å². The van der Waals surface area contributed by atoms with Gasteiger partial charge in [0, 0.05) is 0 Å². The number of aryl methyl sites for hydroxylation is 1. The maximum atomic E-state index is 2.45. The molecule has 0 radical (unpaired) electrons. The summed E-state index contributed by atoms with van der Waals surface area (Å²) >= 11 is 0. The van der Waals surface area contributed by atoms with Gasteiger partial charge in [-0.25, -0.2) is 0 Å². The molecule has 2 aliphatic carbocycles. The molecule has 0 bridgehead atoms. The topological polar surface area (TPSA) is 0 Å². The number of hydrogen-bond donors (Lipinski definition) is 0. The average Bonchev–Trinajstić information content (AvgIpc) is 2.62. The minimum atomic E-state index is 0.798. The molecule has 2 aromatic rings. The van der Waals surface area contributed by atoms with Gasteiger partial charge >= 0.3 is 0 Å². The van der Waals surface area contributed by atoms with Crippen molar-refractivity contribution >= 4 is 0 Å². The van der Waals surface area contributed by atoms with E-state index in [1.54, 1.807) is 5.56 Å². The molecule has 2 aromatic carbocycles. The van der Waals surface area contributed by atoms with E-state index in [2.05, 4.69) is 62.4 Å². The van der Waals surface area contributed by atoms with Gasteiger partial charge < -0.3 is 0 Å². The molecular formula is C24H30. The molecular weight excluding hydrogens is 288 g/mol. The first kappa shape index (κ1) is 15.9. The van der Waals surface area contributed by atoms with Gasteiger partial charge in [-0.3, -0.25) is 0 Å². The van der Waals surface area contributed by atoms with Gasteiger partial charge in [0.1, 0.15) is 0 Å². The van der Waals surface area contributed by atoms with Crippen LogP contribution >= 0.6 is 0 Å². The highest BCUT2D eigenvalue weighted by molar-refractivity contribution is 5.64. The van der Waals surface area contributed by atoms with Gasteiger partial charge in [-0.1, -0.05) is 67.4 Å². The van der Waals surface area contributed by atoms with E-state index in [1.165, 1.54) is 55.2 Å².